The molecule has 0 fully saturated rings. The van der Waals surface area contributed by atoms with Crippen LogP contribution in [0.15, 0.2) is 0 Å². The maximum atomic E-state index is 8.93. The lowest BCUT2D eigenvalue weighted by Crippen LogP contribution is -2.09. The van der Waals surface area contributed by atoms with Gasteiger partial charge in [0.2, 0.25) is 0 Å². The molecule has 0 bridgehead atoms. The zero-order valence-electron chi connectivity index (χ0n) is 7.63. The number of hydrogen-bond acceptors (Lipinski definition) is 3. The molecule has 1 heterocycles. The van der Waals surface area contributed by atoms with Crippen LogP contribution in [-0.4, -0.2) is 0 Å². The van der Waals surface area contributed by atoms with Crippen molar-refractivity contribution in [3.63, 3.8) is 0 Å². The Hall–Kier alpha value is -1.01. The fraction of sp³-hybridized carbons (Fsp3) is 0.500. The summed E-state index contributed by atoms with van der Waals surface area (Å²) in [6, 6.07) is 2.21. The first kappa shape index (κ1) is 8.58. The summed E-state index contributed by atoms with van der Waals surface area (Å²) in [5.74, 6) is 0.702. The molecule has 0 radical (unpaired) electrons. The van der Waals surface area contributed by atoms with E-state index < -0.39 is 0 Å². The quantitative estimate of drug-likeness (QED) is 0.685. The molecule has 0 aromatic carbocycles. The molecule has 1 aliphatic carbocycles. The molecule has 3 heteroatoms. The largest absolute Gasteiger partial charge is 0.389 e. The van der Waals surface area contributed by atoms with Crippen LogP contribution < -0.4 is 5.73 Å². The molecule has 1 aliphatic rings. The van der Waals surface area contributed by atoms with Crippen LogP contribution in [0.2, 0.25) is 0 Å². The zero-order chi connectivity index (χ0) is 9.42. The average molecular weight is 192 g/mol. The lowest BCUT2D eigenvalue weighted by atomic mass is 9.88. The zero-order valence-corrected chi connectivity index (χ0v) is 8.45. The summed E-state index contributed by atoms with van der Waals surface area (Å²) in [4.78, 5) is 1.34. The van der Waals surface area contributed by atoms with Crippen molar-refractivity contribution in [2.24, 2.45) is 5.92 Å². The van der Waals surface area contributed by atoms with Gasteiger partial charge in [-0.05, 0) is 30.7 Å². The summed E-state index contributed by atoms with van der Waals surface area (Å²) >= 11 is 1.60. The molecule has 1 aromatic heterocycles. The topological polar surface area (TPSA) is 49.8 Å². The molecule has 0 aliphatic heterocycles. The molecule has 1 aromatic rings. The minimum Gasteiger partial charge on any atom is -0.389 e. The Labute approximate surface area is 82.0 Å². The monoisotopic (exact) mass is 192 g/mol. The average Bonchev–Trinajstić information content (AvgIpc) is 2.40. The molecule has 1 atom stereocenters. The van der Waals surface area contributed by atoms with E-state index >= 15 is 0 Å². The van der Waals surface area contributed by atoms with E-state index in [1.807, 2.05) is 0 Å². The molecule has 13 heavy (non-hydrogen) atoms. The minimum atomic E-state index is 0.702. The van der Waals surface area contributed by atoms with Crippen LogP contribution in [0.25, 0.3) is 0 Å². The van der Waals surface area contributed by atoms with Crippen molar-refractivity contribution in [2.45, 2.75) is 26.2 Å². The Balaban J connectivity index is 2.50. The van der Waals surface area contributed by atoms with Crippen LogP contribution >= 0.6 is 11.3 Å². The highest BCUT2D eigenvalue weighted by Gasteiger charge is 2.22. The Kier molecular flexibility index (Phi) is 2.01. The summed E-state index contributed by atoms with van der Waals surface area (Å²) in [5, 5.41) is 9.64. The number of aryl methyl sites for hydroxylation is 1. The van der Waals surface area contributed by atoms with E-state index in [1.165, 1.54) is 16.9 Å². The van der Waals surface area contributed by atoms with Crippen molar-refractivity contribution >= 4 is 16.3 Å². The van der Waals surface area contributed by atoms with Crippen molar-refractivity contribution in [1.29, 1.82) is 5.26 Å². The maximum Gasteiger partial charge on any atom is 0.104 e. The number of anilines is 1. The Bertz CT molecular complexity index is 373. The Morgan fingerprint density at radius 3 is 3.08 bits per heavy atom. The maximum absolute atomic E-state index is 8.93. The van der Waals surface area contributed by atoms with E-state index in [4.69, 9.17) is 11.0 Å². The van der Waals surface area contributed by atoms with E-state index in [9.17, 15) is 0 Å². The van der Waals surface area contributed by atoms with Crippen LogP contribution in [-0.2, 0) is 12.8 Å². The molecule has 2 rings (SSSR count). The van der Waals surface area contributed by atoms with E-state index in [0.29, 0.717) is 10.9 Å². The second-order valence-electron chi connectivity index (χ2n) is 3.70. The van der Waals surface area contributed by atoms with Crippen LogP contribution in [0, 0.1) is 17.2 Å². The molecule has 0 saturated carbocycles. The van der Waals surface area contributed by atoms with Gasteiger partial charge in [0.15, 0.2) is 0 Å². The predicted octanol–water partition coefficient (Wildman–Crippen LogP) is 2.33. The normalized spacial score (nSPS) is 20.8. The first-order chi connectivity index (χ1) is 6.22. The highest BCUT2D eigenvalue weighted by molar-refractivity contribution is 7.16. The van der Waals surface area contributed by atoms with Crippen molar-refractivity contribution in [1.82, 2.24) is 0 Å². The summed E-state index contributed by atoms with van der Waals surface area (Å²) in [6.07, 6.45) is 3.37. The summed E-state index contributed by atoms with van der Waals surface area (Å²) in [6.45, 7) is 2.23. The molecule has 0 saturated heterocycles. The van der Waals surface area contributed by atoms with Crippen molar-refractivity contribution < 1.29 is 0 Å². The van der Waals surface area contributed by atoms with Gasteiger partial charge >= 0.3 is 0 Å². The van der Waals surface area contributed by atoms with Crippen LogP contribution in [0.4, 0.5) is 5.00 Å². The third-order valence-corrected chi connectivity index (χ3v) is 3.77. The number of nitriles is 1. The fourth-order valence-electron chi connectivity index (χ4n) is 1.90. The summed E-state index contributed by atoms with van der Waals surface area (Å²) in [5.41, 5.74) is 7.74. The van der Waals surface area contributed by atoms with Gasteiger partial charge in [-0.3, -0.25) is 0 Å². The molecular weight excluding hydrogens is 180 g/mol. The van der Waals surface area contributed by atoms with Gasteiger partial charge in [-0.15, -0.1) is 11.3 Å². The Morgan fingerprint density at radius 1 is 1.62 bits per heavy atom. The van der Waals surface area contributed by atoms with Gasteiger partial charge in [0, 0.05) is 4.88 Å². The van der Waals surface area contributed by atoms with Gasteiger partial charge in [-0.2, -0.15) is 5.26 Å². The van der Waals surface area contributed by atoms with E-state index in [1.54, 1.807) is 11.3 Å². The first-order valence-corrected chi connectivity index (χ1v) is 5.34. The highest BCUT2D eigenvalue weighted by Crippen LogP contribution is 2.37. The van der Waals surface area contributed by atoms with Crippen LogP contribution in [0.1, 0.15) is 29.3 Å². The first-order valence-electron chi connectivity index (χ1n) is 4.52. The molecule has 68 valence electrons. The number of nitrogens with two attached hydrogens (primary N) is 1. The summed E-state index contributed by atoms with van der Waals surface area (Å²) < 4.78 is 0. The minimum absolute atomic E-state index is 0.702. The molecule has 2 N–H and O–H groups in total. The third kappa shape index (κ3) is 1.31. The lowest BCUT2D eigenvalue weighted by Gasteiger charge is -2.17. The smallest absolute Gasteiger partial charge is 0.104 e. The standard InChI is InChI=1S/C10H12N2S/c1-6-2-3-9-7(4-6)8(5-11)10(12)13-9/h6H,2-4,12H2,1H3/t6-/m1/s1. The highest BCUT2D eigenvalue weighted by atomic mass is 32.1. The van der Waals surface area contributed by atoms with Gasteiger partial charge in [0.25, 0.3) is 0 Å². The number of fused-ring (bicyclic) bond motifs is 1. The Morgan fingerprint density at radius 2 is 2.38 bits per heavy atom. The molecule has 0 spiro atoms. The second kappa shape index (κ2) is 3.04. The predicted molar refractivity (Wildman–Crippen MR) is 54.6 cm³/mol. The van der Waals surface area contributed by atoms with Crippen molar-refractivity contribution in [3.8, 4) is 6.07 Å². The van der Waals surface area contributed by atoms with Gasteiger partial charge in [-0.1, -0.05) is 6.92 Å². The van der Waals surface area contributed by atoms with Crippen LogP contribution in [0.3, 0.4) is 0 Å². The number of hydrogen-bond donors (Lipinski definition) is 1. The molecular formula is C10H12N2S. The van der Waals surface area contributed by atoms with E-state index in [0.717, 1.165) is 18.4 Å². The number of nitrogens with zero attached hydrogens (tertiary/aromatic N) is 1. The van der Waals surface area contributed by atoms with Gasteiger partial charge in [0.1, 0.15) is 11.1 Å². The van der Waals surface area contributed by atoms with Crippen molar-refractivity contribution in [2.75, 3.05) is 5.73 Å². The number of thiophene rings is 1. The number of rotatable bonds is 0. The van der Waals surface area contributed by atoms with Crippen molar-refractivity contribution in [3.05, 3.63) is 16.0 Å². The molecule has 0 amide bonds. The van der Waals surface area contributed by atoms with Crippen LogP contribution in [0.5, 0.6) is 0 Å². The van der Waals surface area contributed by atoms with Gasteiger partial charge in [-0.25, -0.2) is 0 Å². The number of nitrogen functional groups attached to an aromatic ring is 1. The van der Waals surface area contributed by atoms with Gasteiger partial charge in [0.05, 0.1) is 5.56 Å². The molecule has 2 nitrogen and oxygen atoms in total. The molecule has 0 unspecified atom stereocenters. The van der Waals surface area contributed by atoms with E-state index in [2.05, 4.69) is 13.0 Å². The third-order valence-electron chi connectivity index (χ3n) is 2.65. The fourth-order valence-corrected chi connectivity index (χ4v) is 2.97. The SMILES string of the molecule is C[C@@H]1CCc2sc(N)c(C#N)c2C1. The lowest BCUT2D eigenvalue weighted by molar-refractivity contribution is 0.506. The van der Waals surface area contributed by atoms with Gasteiger partial charge < -0.3 is 5.73 Å². The second-order valence-corrected chi connectivity index (χ2v) is 4.84. The summed E-state index contributed by atoms with van der Waals surface area (Å²) in [7, 11) is 0. The van der Waals surface area contributed by atoms with E-state index in [-0.39, 0.29) is 0 Å².